The molecule has 0 fully saturated rings. The van der Waals surface area contributed by atoms with Gasteiger partial charge < -0.3 is 0 Å². The van der Waals surface area contributed by atoms with Crippen molar-refractivity contribution in [2.45, 2.75) is 13.0 Å². The molecule has 2 rings (SSSR count). The zero-order valence-electron chi connectivity index (χ0n) is 8.43. The van der Waals surface area contributed by atoms with Crippen LogP contribution in [0.4, 0.5) is 0 Å². The summed E-state index contributed by atoms with van der Waals surface area (Å²) in [6, 6.07) is 10.3. The Morgan fingerprint density at radius 2 is 2.00 bits per heavy atom. The topological polar surface area (TPSA) is 17.8 Å². The molecule has 1 heterocycles. The van der Waals surface area contributed by atoms with E-state index in [1.807, 2.05) is 30.6 Å². The average molecular weight is 196 g/mol. The van der Waals surface area contributed by atoms with Gasteiger partial charge in [0.15, 0.2) is 0 Å². The molecule has 0 spiro atoms. The predicted octanol–water partition coefficient (Wildman–Crippen LogP) is 2.11. The molecule has 0 aliphatic heterocycles. The Bertz CT molecular complexity index is 463. The minimum Gasteiger partial charge on any atom is -0.260 e. The molecule has 15 heavy (non-hydrogen) atoms. The van der Waals surface area contributed by atoms with Gasteiger partial charge in [0.2, 0.25) is 0 Å². The fourth-order valence-corrected chi connectivity index (χ4v) is 1.51. The quantitative estimate of drug-likeness (QED) is 0.687. The van der Waals surface area contributed by atoms with E-state index in [0.717, 1.165) is 6.42 Å². The molecular weight excluding hydrogens is 184 g/mol. The van der Waals surface area contributed by atoms with E-state index >= 15 is 0 Å². The molecule has 74 valence electrons. The lowest BCUT2D eigenvalue weighted by Gasteiger charge is -1.96. The maximum absolute atomic E-state index is 5.21. The number of benzene rings is 1. The molecule has 0 amide bonds. The summed E-state index contributed by atoms with van der Waals surface area (Å²) in [5.74, 6) is 2.56. The second kappa shape index (κ2) is 4.47. The monoisotopic (exact) mass is 196 g/mol. The molecule has 2 nitrogen and oxygen atoms in total. The van der Waals surface area contributed by atoms with Gasteiger partial charge in [-0.15, -0.1) is 6.42 Å². The molecule has 0 atom stereocenters. The third-order valence-corrected chi connectivity index (χ3v) is 2.19. The van der Waals surface area contributed by atoms with Gasteiger partial charge in [0.25, 0.3) is 0 Å². The van der Waals surface area contributed by atoms with E-state index in [0.29, 0.717) is 6.54 Å². The number of nitrogens with zero attached hydrogens (tertiary/aromatic N) is 2. The van der Waals surface area contributed by atoms with Gasteiger partial charge in [0.05, 0.1) is 6.20 Å². The molecule has 0 N–H and O–H groups in total. The summed E-state index contributed by atoms with van der Waals surface area (Å²) in [5, 5.41) is 4.18. The third kappa shape index (κ3) is 2.47. The van der Waals surface area contributed by atoms with Crippen molar-refractivity contribution in [2.24, 2.45) is 0 Å². The predicted molar refractivity (Wildman–Crippen MR) is 60.3 cm³/mol. The van der Waals surface area contributed by atoms with Crippen molar-refractivity contribution in [1.29, 1.82) is 0 Å². The zero-order chi connectivity index (χ0) is 10.5. The van der Waals surface area contributed by atoms with Gasteiger partial charge in [-0.2, -0.15) is 5.10 Å². The molecule has 1 aromatic carbocycles. The van der Waals surface area contributed by atoms with Gasteiger partial charge in [0.1, 0.15) is 6.54 Å². The van der Waals surface area contributed by atoms with Crippen LogP contribution < -0.4 is 0 Å². The van der Waals surface area contributed by atoms with Crippen LogP contribution in [0.15, 0.2) is 42.7 Å². The van der Waals surface area contributed by atoms with Crippen molar-refractivity contribution in [3.8, 4) is 12.3 Å². The second-order valence-electron chi connectivity index (χ2n) is 3.41. The van der Waals surface area contributed by atoms with Gasteiger partial charge >= 0.3 is 0 Å². The highest BCUT2D eigenvalue weighted by Crippen LogP contribution is 2.07. The Balaban J connectivity index is 2.09. The van der Waals surface area contributed by atoms with Crippen LogP contribution in [-0.2, 0) is 13.0 Å². The van der Waals surface area contributed by atoms with Crippen LogP contribution in [0, 0.1) is 12.3 Å². The molecule has 2 heteroatoms. The first-order valence-corrected chi connectivity index (χ1v) is 4.87. The molecule has 0 unspecified atom stereocenters. The molecule has 0 radical (unpaired) electrons. The molecule has 1 aromatic heterocycles. The first-order chi connectivity index (χ1) is 7.38. The molecule has 0 saturated heterocycles. The number of aromatic nitrogens is 2. The van der Waals surface area contributed by atoms with E-state index in [9.17, 15) is 0 Å². The van der Waals surface area contributed by atoms with E-state index in [1.54, 1.807) is 4.68 Å². The van der Waals surface area contributed by atoms with Gasteiger partial charge in [-0.25, -0.2) is 0 Å². The van der Waals surface area contributed by atoms with Crippen LogP contribution >= 0.6 is 0 Å². The summed E-state index contributed by atoms with van der Waals surface area (Å²) in [6.45, 7) is 0.536. The highest BCUT2D eigenvalue weighted by atomic mass is 15.3. The lowest BCUT2D eigenvalue weighted by Crippen LogP contribution is -1.94. The van der Waals surface area contributed by atoms with E-state index in [2.05, 4.69) is 23.2 Å². The number of hydrogen-bond donors (Lipinski definition) is 0. The van der Waals surface area contributed by atoms with Crippen LogP contribution in [0.25, 0.3) is 0 Å². The molecular formula is C13H12N2. The SMILES string of the molecule is C#CCn1cc(Cc2ccccc2)cn1. The Hall–Kier alpha value is -2.01. The number of hydrogen-bond acceptors (Lipinski definition) is 1. The van der Waals surface area contributed by atoms with Gasteiger partial charge in [-0.05, 0) is 11.1 Å². The largest absolute Gasteiger partial charge is 0.260 e. The van der Waals surface area contributed by atoms with Crippen LogP contribution in [0.2, 0.25) is 0 Å². The van der Waals surface area contributed by atoms with Crippen molar-refractivity contribution in [3.63, 3.8) is 0 Å². The van der Waals surface area contributed by atoms with Crippen molar-refractivity contribution in [2.75, 3.05) is 0 Å². The summed E-state index contributed by atoms with van der Waals surface area (Å²) < 4.78 is 1.78. The summed E-state index contributed by atoms with van der Waals surface area (Å²) in [7, 11) is 0. The zero-order valence-corrected chi connectivity index (χ0v) is 8.43. The number of rotatable bonds is 3. The minimum atomic E-state index is 0.536. The molecule has 0 bridgehead atoms. The van der Waals surface area contributed by atoms with Crippen molar-refractivity contribution in [3.05, 3.63) is 53.9 Å². The summed E-state index contributed by atoms with van der Waals surface area (Å²) in [6.07, 6.45) is 9.98. The van der Waals surface area contributed by atoms with Gasteiger partial charge in [0, 0.05) is 12.6 Å². The molecule has 0 aliphatic carbocycles. The lowest BCUT2D eigenvalue weighted by molar-refractivity contribution is 0.715. The van der Waals surface area contributed by atoms with E-state index < -0.39 is 0 Å². The van der Waals surface area contributed by atoms with Crippen LogP contribution in [0.5, 0.6) is 0 Å². The van der Waals surface area contributed by atoms with Crippen molar-refractivity contribution >= 4 is 0 Å². The number of terminal acetylenes is 1. The maximum Gasteiger partial charge on any atom is 0.101 e. The van der Waals surface area contributed by atoms with Gasteiger partial charge in [-0.3, -0.25) is 4.68 Å². The van der Waals surface area contributed by atoms with Crippen LogP contribution in [0.1, 0.15) is 11.1 Å². The minimum absolute atomic E-state index is 0.536. The van der Waals surface area contributed by atoms with Crippen LogP contribution in [0.3, 0.4) is 0 Å². The fourth-order valence-electron chi connectivity index (χ4n) is 1.51. The normalized spacial score (nSPS) is 9.80. The van der Waals surface area contributed by atoms with Crippen LogP contribution in [-0.4, -0.2) is 9.78 Å². The highest BCUT2D eigenvalue weighted by molar-refractivity contribution is 5.22. The van der Waals surface area contributed by atoms with E-state index in [-0.39, 0.29) is 0 Å². The fraction of sp³-hybridized carbons (Fsp3) is 0.154. The highest BCUT2D eigenvalue weighted by Gasteiger charge is 1.98. The molecule has 0 aliphatic rings. The second-order valence-corrected chi connectivity index (χ2v) is 3.41. The standard InChI is InChI=1S/C13H12N2/c1-2-8-15-11-13(10-14-15)9-12-6-4-3-5-7-12/h1,3-7,10-11H,8-9H2. The summed E-state index contributed by atoms with van der Waals surface area (Å²) in [5.41, 5.74) is 2.48. The Morgan fingerprint density at radius 3 is 2.73 bits per heavy atom. The smallest absolute Gasteiger partial charge is 0.101 e. The van der Waals surface area contributed by atoms with Crippen molar-refractivity contribution in [1.82, 2.24) is 9.78 Å². The maximum atomic E-state index is 5.21. The Morgan fingerprint density at radius 1 is 1.20 bits per heavy atom. The van der Waals surface area contributed by atoms with Crippen molar-refractivity contribution < 1.29 is 0 Å². The first-order valence-electron chi connectivity index (χ1n) is 4.87. The summed E-state index contributed by atoms with van der Waals surface area (Å²) >= 11 is 0. The first kappa shape index (κ1) is 9.54. The average Bonchev–Trinajstić information content (AvgIpc) is 2.68. The Kier molecular flexibility index (Phi) is 2.85. The molecule has 2 aromatic rings. The lowest BCUT2D eigenvalue weighted by atomic mass is 10.1. The van der Waals surface area contributed by atoms with E-state index in [4.69, 9.17) is 6.42 Å². The van der Waals surface area contributed by atoms with E-state index in [1.165, 1.54) is 11.1 Å². The summed E-state index contributed by atoms with van der Waals surface area (Å²) in [4.78, 5) is 0. The molecule has 0 saturated carbocycles. The van der Waals surface area contributed by atoms with Gasteiger partial charge in [-0.1, -0.05) is 36.3 Å². The Labute approximate surface area is 89.6 Å². The third-order valence-electron chi connectivity index (χ3n) is 2.19.